The van der Waals surface area contributed by atoms with Crippen LogP contribution in [-0.2, 0) is 0 Å². The standard InChI is InChI=1S/C21H11ClN2O/c22-13-10-8-12(9-11-13)19-16-6-3-7-17-18(16)20(24-23-19)14-4-1-2-5-15(14)21(17)25/h1-11H. The van der Waals surface area contributed by atoms with Gasteiger partial charge in [0.15, 0.2) is 5.78 Å². The number of fused-ring (bicyclic) bond motifs is 2. The van der Waals surface area contributed by atoms with Gasteiger partial charge in [-0.3, -0.25) is 4.79 Å². The summed E-state index contributed by atoms with van der Waals surface area (Å²) in [5, 5.41) is 11.4. The number of hydrogen-bond donors (Lipinski definition) is 0. The van der Waals surface area contributed by atoms with Crippen LogP contribution in [0.2, 0.25) is 5.02 Å². The zero-order valence-corrected chi connectivity index (χ0v) is 13.8. The van der Waals surface area contributed by atoms with Crippen LogP contribution in [0.4, 0.5) is 0 Å². The van der Waals surface area contributed by atoms with Gasteiger partial charge in [-0.25, -0.2) is 0 Å². The van der Waals surface area contributed by atoms with Crippen molar-refractivity contribution in [1.82, 2.24) is 10.2 Å². The van der Waals surface area contributed by atoms with Crippen LogP contribution in [0.5, 0.6) is 0 Å². The molecular weight excluding hydrogens is 332 g/mol. The minimum absolute atomic E-state index is 0.0313. The number of hydrogen-bond acceptors (Lipinski definition) is 3. The first-order valence-electron chi connectivity index (χ1n) is 7.93. The van der Waals surface area contributed by atoms with Crippen LogP contribution >= 0.6 is 11.6 Å². The molecule has 0 bridgehead atoms. The van der Waals surface area contributed by atoms with Crippen molar-refractivity contribution in [2.45, 2.75) is 0 Å². The first kappa shape index (κ1) is 14.3. The summed E-state index contributed by atoms with van der Waals surface area (Å²) in [5.74, 6) is 0.0313. The minimum Gasteiger partial charge on any atom is -0.289 e. The van der Waals surface area contributed by atoms with Crippen molar-refractivity contribution < 1.29 is 4.79 Å². The third-order valence-electron chi connectivity index (χ3n) is 4.60. The molecule has 0 saturated heterocycles. The van der Waals surface area contributed by atoms with E-state index in [1.807, 2.05) is 66.7 Å². The molecule has 4 heteroatoms. The van der Waals surface area contributed by atoms with Crippen LogP contribution < -0.4 is 0 Å². The van der Waals surface area contributed by atoms with Gasteiger partial charge in [0.2, 0.25) is 0 Å². The highest BCUT2D eigenvalue weighted by Crippen LogP contribution is 2.40. The largest absolute Gasteiger partial charge is 0.289 e. The molecule has 1 aromatic heterocycles. The maximum atomic E-state index is 12.9. The third-order valence-corrected chi connectivity index (χ3v) is 4.85. The van der Waals surface area contributed by atoms with E-state index in [1.54, 1.807) is 0 Å². The van der Waals surface area contributed by atoms with E-state index in [2.05, 4.69) is 10.2 Å². The van der Waals surface area contributed by atoms with Crippen LogP contribution in [0.25, 0.3) is 33.3 Å². The molecule has 4 aromatic rings. The fourth-order valence-electron chi connectivity index (χ4n) is 3.44. The number of ketones is 1. The summed E-state index contributed by atoms with van der Waals surface area (Å²) in [4.78, 5) is 12.9. The average molecular weight is 343 g/mol. The summed E-state index contributed by atoms with van der Waals surface area (Å²) in [5.41, 5.74) is 4.63. The van der Waals surface area contributed by atoms with Gasteiger partial charge in [-0.2, -0.15) is 0 Å². The molecular formula is C21H11ClN2O. The lowest BCUT2D eigenvalue weighted by Crippen LogP contribution is -2.11. The normalized spacial score (nSPS) is 12.3. The Hall–Kier alpha value is -3.04. The van der Waals surface area contributed by atoms with E-state index in [0.29, 0.717) is 16.1 Å². The lowest BCUT2D eigenvalue weighted by Gasteiger charge is -2.19. The molecule has 1 aliphatic carbocycles. The van der Waals surface area contributed by atoms with Crippen molar-refractivity contribution in [2.24, 2.45) is 0 Å². The second-order valence-electron chi connectivity index (χ2n) is 6.01. The van der Waals surface area contributed by atoms with Crippen LogP contribution in [0.3, 0.4) is 0 Å². The van der Waals surface area contributed by atoms with Gasteiger partial charge < -0.3 is 0 Å². The molecule has 0 saturated carbocycles. The van der Waals surface area contributed by atoms with E-state index in [0.717, 1.165) is 33.3 Å². The Morgan fingerprint density at radius 2 is 1.36 bits per heavy atom. The number of carbonyl (C=O) groups is 1. The molecule has 0 spiro atoms. The molecule has 0 aliphatic heterocycles. The molecule has 0 radical (unpaired) electrons. The second-order valence-corrected chi connectivity index (χ2v) is 6.44. The predicted octanol–water partition coefficient (Wildman–Crippen LogP) is 5.16. The smallest absolute Gasteiger partial charge is 0.194 e. The number of rotatable bonds is 1. The Morgan fingerprint density at radius 3 is 2.16 bits per heavy atom. The van der Waals surface area contributed by atoms with E-state index in [1.165, 1.54) is 0 Å². The molecule has 3 aromatic carbocycles. The minimum atomic E-state index is 0.0313. The van der Waals surface area contributed by atoms with Gasteiger partial charge in [-0.1, -0.05) is 66.2 Å². The van der Waals surface area contributed by atoms with Gasteiger partial charge >= 0.3 is 0 Å². The molecule has 0 atom stereocenters. The molecule has 3 nitrogen and oxygen atoms in total. The lowest BCUT2D eigenvalue weighted by atomic mass is 9.85. The Balaban J connectivity index is 1.89. The maximum absolute atomic E-state index is 12.9. The number of nitrogens with zero attached hydrogens (tertiary/aromatic N) is 2. The lowest BCUT2D eigenvalue weighted by molar-refractivity contribution is 0.104. The van der Waals surface area contributed by atoms with E-state index < -0.39 is 0 Å². The average Bonchev–Trinajstić information content (AvgIpc) is 2.66. The second kappa shape index (κ2) is 5.23. The molecule has 5 rings (SSSR count). The van der Waals surface area contributed by atoms with Crippen molar-refractivity contribution in [2.75, 3.05) is 0 Å². The third kappa shape index (κ3) is 2.03. The summed E-state index contributed by atoms with van der Waals surface area (Å²) < 4.78 is 0. The van der Waals surface area contributed by atoms with Crippen molar-refractivity contribution >= 4 is 28.2 Å². The maximum Gasteiger partial charge on any atom is 0.194 e. The van der Waals surface area contributed by atoms with Crippen molar-refractivity contribution in [3.63, 3.8) is 0 Å². The van der Waals surface area contributed by atoms with Gasteiger partial charge in [-0.15, -0.1) is 10.2 Å². The van der Waals surface area contributed by atoms with Crippen LogP contribution in [0.15, 0.2) is 66.7 Å². The quantitative estimate of drug-likeness (QED) is 0.422. The van der Waals surface area contributed by atoms with Crippen LogP contribution in [0.1, 0.15) is 15.9 Å². The van der Waals surface area contributed by atoms with Gasteiger partial charge in [0.05, 0.1) is 0 Å². The van der Waals surface area contributed by atoms with Crippen LogP contribution in [-0.4, -0.2) is 16.0 Å². The summed E-state index contributed by atoms with van der Waals surface area (Å²) in [6.45, 7) is 0. The van der Waals surface area contributed by atoms with Gasteiger partial charge in [-0.05, 0) is 12.1 Å². The summed E-state index contributed by atoms with van der Waals surface area (Å²) in [6, 6.07) is 20.8. The molecule has 1 aliphatic rings. The number of carbonyl (C=O) groups excluding carboxylic acids is 1. The molecule has 0 amide bonds. The Labute approximate surface area is 148 Å². The van der Waals surface area contributed by atoms with Crippen molar-refractivity contribution in [3.8, 4) is 22.5 Å². The van der Waals surface area contributed by atoms with E-state index in [9.17, 15) is 4.79 Å². The Bertz CT molecular complexity index is 1170. The molecule has 0 unspecified atom stereocenters. The Kier molecular flexibility index (Phi) is 2.99. The van der Waals surface area contributed by atoms with Crippen molar-refractivity contribution in [1.29, 1.82) is 0 Å². The highest BCUT2D eigenvalue weighted by molar-refractivity contribution is 6.30. The first-order valence-corrected chi connectivity index (χ1v) is 8.31. The highest BCUT2D eigenvalue weighted by Gasteiger charge is 2.27. The van der Waals surface area contributed by atoms with E-state index in [-0.39, 0.29) is 5.78 Å². The fourth-order valence-corrected chi connectivity index (χ4v) is 3.57. The van der Waals surface area contributed by atoms with Crippen molar-refractivity contribution in [3.05, 3.63) is 82.9 Å². The molecule has 0 fully saturated rings. The van der Waals surface area contributed by atoms with E-state index >= 15 is 0 Å². The van der Waals surface area contributed by atoms with Gasteiger partial charge in [0.25, 0.3) is 0 Å². The predicted molar refractivity (Wildman–Crippen MR) is 98.9 cm³/mol. The van der Waals surface area contributed by atoms with Gasteiger partial charge in [0, 0.05) is 38.0 Å². The SMILES string of the molecule is O=C1c2ccccc2-c2nnc(-c3ccc(Cl)cc3)c3cccc1c23. The zero-order chi connectivity index (χ0) is 17.0. The summed E-state index contributed by atoms with van der Waals surface area (Å²) >= 11 is 5.99. The number of halogens is 1. The molecule has 1 heterocycles. The topological polar surface area (TPSA) is 42.9 Å². The summed E-state index contributed by atoms with van der Waals surface area (Å²) in [7, 11) is 0. The fraction of sp³-hybridized carbons (Fsp3) is 0. The molecule has 118 valence electrons. The zero-order valence-electron chi connectivity index (χ0n) is 13.0. The number of aromatic nitrogens is 2. The Morgan fingerprint density at radius 1 is 0.680 bits per heavy atom. The molecule has 25 heavy (non-hydrogen) atoms. The first-order chi connectivity index (χ1) is 12.2. The molecule has 0 N–H and O–H groups in total. The van der Waals surface area contributed by atoms with E-state index in [4.69, 9.17) is 11.6 Å². The summed E-state index contributed by atoms with van der Waals surface area (Å²) in [6.07, 6.45) is 0. The highest BCUT2D eigenvalue weighted by atomic mass is 35.5. The number of benzene rings is 3. The van der Waals surface area contributed by atoms with Gasteiger partial charge in [0.1, 0.15) is 11.4 Å². The monoisotopic (exact) mass is 342 g/mol. The van der Waals surface area contributed by atoms with Crippen LogP contribution in [0, 0.1) is 0 Å².